The van der Waals surface area contributed by atoms with Crippen molar-refractivity contribution in [2.24, 2.45) is 0 Å². The van der Waals surface area contributed by atoms with Crippen molar-refractivity contribution in [1.82, 2.24) is 14.9 Å². The molecular weight excluding hydrogens is 480 g/mol. The summed E-state index contributed by atoms with van der Waals surface area (Å²) in [6.45, 7) is 0.878. The smallest absolute Gasteiger partial charge is 0.258 e. The van der Waals surface area contributed by atoms with Crippen LogP contribution < -0.4 is 10.6 Å². The standard InChI is InChI=1S/C27H23F2N5O3/c1-37-11-3-10-34-24-9-7-19(25(35)31-16-20-6-8-21(28)14-22(20)29)13-23(24)32-27(34)33-26(36)18-5-2-4-17(12-18)15-30/h2,4-9,12-14H,3,10-11,16H2,1H3,(H,31,35)(H,32,33,36). The van der Waals surface area contributed by atoms with E-state index in [9.17, 15) is 18.4 Å². The van der Waals surface area contributed by atoms with Gasteiger partial charge in [0.25, 0.3) is 11.8 Å². The lowest BCUT2D eigenvalue weighted by atomic mass is 10.1. The van der Waals surface area contributed by atoms with Crippen LogP contribution in [0.5, 0.6) is 0 Å². The van der Waals surface area contributed by atoms with Crippen molar-refractivity contribution in [2.75, 3.05) is 19.0 Å². The summed E-state index contributed by atoms with van der Waals surface area (Å²) in [4.78, 5) is 30.1. The van der Waals surface area contributed by atoms with Crippen LogP contribution in [0.15, 0.2) is 60.7 Å². The molecule has 10 heteroatoms. The lowest BCUT2D eigenvalue weighted by Crippen LogP contribution is -2.23. The molecule has 37 heavy (non-hydrogen) atoms. The summed E-state index contributed by atoms with van der Waals surface area (Å²) in [7, 11) is 1.60. The number of benzene rings is 3. The fourth-order valence-corrected chi connectivity index (χ4v) is 3.81. The molecule has 4 rings (SSSR count). The monoisotopic (exact) mass is 503 g/mol. The number of fused-ring (bicyclic) bond motifs is 1. The molecule has 0 fully saturated rings. The first kappa shape index (κ1) is 25.5. The molecule has 0 aliphatic carbocycles. The minimum Gasteiger partial charge on any atom is -0.385 e. The largest absolute Gasteiger partial charge is 0.385 e. The summed E-state index contributed by atoms with van der Waals surface area (Å²) < 4.78 is 34.0. The normalized spacial score (nSPS) is 10.8. The minimum atomic E-state index is -0.744. The highest BCUT2D eigenvalue weighted by atomic mass is 19.1. The van der Waals surface area contributed by atoms with E-state index in [0.29, 0.717) is 41.7 Å². The maximum absolute atomic E-state index is 13.9. The molecule has 0 radical (unpaired) electrons. The van der Waals surface area contributed by atoms with Crippen LogP contribution in [0, 0.1) is 23.0 Å². The second kappa shape index (κ2) is 11.4. The second-order valence-corrected chi connectivity index (χ2v) is 8.20. The Labute approximate surface area is 211 Å². The van der Waals surface area contributed by atoms with Crippen LogP contribution in [0.1, 0.15) is 38.3 Å². The Bertz CT molecular complexity index is 1510. The molecule has 188 valence electrons. The zero-order chi connectivity index (χ0) is 26.4. The maximum Gasteiger partial charge on any atom is 0.258 e. The summed E-state index contributed by atoms with van der Waals surface area (Å²) >= 11 is 0. The molecule has 1 aromatic heterocycles. The van der Waals surface area contributed by atoms with E-state index in [1.807, 2.05) is 10.6 Å². The van der Waals surface area contributed by atoms with Crippen molar-refractivity contribution in [2.45, 2.75) is 19.5 Å². The van der Waals surface area contributed by atoms with E-state index in [1.165, 1.54) is 12.1 Å². The van der Waals surface area contributed by atoms with Crippen LogP contribution in [-0.2, 0) is 17.8 Å². The predicted octanol–water partition coefficient (Wildman–Crippen LogP) is 4.40. The van der Waals surface area contributed by atoms with Crippen molar-refractivity contribution in [3.63, 3.8) is 0 Å². The first-order valence-corrected chi connectivity index (χ1v) is 11.4. The van der Waals surface area contributed by atoms with Gasteiger partial charge in [-0.25, -0.2) is 13.8 Å². The summed E-state index contributed by atoms with van der Waals surface area (Å²) in [6, 6.07) is 16.4. The first-order valence-electron chi connectivity index (χ1n) is 11.4. The molecule has 0 saturated heterocycles. The Morgan fingerprint density at radius 2 is 1.86 bits per heavy atom. The van der Waals surface area contributed by atoms with Crippen LogP contribution >= 0.6 is 0 Å². The fourth-order valence-electron chi connectivity index (χ4n) is 3.81. The van der Waals surface area contributed by atoms with Crippen molar-refractivity contribution in [3.8, 4) is 6.07 Å². The number of halogens is 2. The number of anilines is 1. The Balaban J connectivity index is 1.58. The average Bonchev–Trinajstić information content (AvgIpc) is 3.24. The van der Waals surface area contributed by atoms with Gasteiger partial charge in [0.2, 0.25) is 5.95 Å². The number of rotatable bonds is 9. The second-order valence-electron chi connectivity index (χ2n) is 8.20. The SMILES string of the molecule is COCCCn1c(NC(=O)c2cccc(C#N)c2)nc2cc(C(=O)NCc3ccc(F)cc3F)ccc21. The molecule has 4 aromatic rings. The molecule has 0 spiro atoms. The average molecular weight is 504 g/mol. The number of nitriles is 1. The molecule has 0 bridgehead atoms. The van der Waals surface area contributed by atoms with Gasteiger partial charge in [-0.2, -0.15) is 5.26 Å². The van der Waals surface area contributed by atoms with E-state index < -0.39 is 23.4 Å². The van der Waals surface area contributed by atoms with E-state index in [2.05, 4.69) is 15.6 Å². The number of hydrogen-bond acceptors (Lipinski definition) is 5. The Morgan fingerprint density at radius 3 is 2.62 bits per heavy atom. The zero-order valence-electron chi connectivity index (χ0n) is 19.9. The molecule has 8 nitrogen and oxygen atoms in total. The number of carbonyl (C=O) groups excluding carboxylic acids is 2. The number of ether oxygens (including phenoxy) is 1. The topological polar surface area (TPSA) is 109 Å². The number of carbonyl (C=O) groups is 2. The molecule has 0 aliphatic rings. The van der Waals surface area contributed by atoms with Gasteiger partial charge in [0.15, 0.2) is 0 Å². The lowest BCUT2D eigenvalue weighted by Gasteiger charge is -2.10. The number of aryl methyl sites for hydroxylation is 1. The molecule has 2 N–H and O–H groups in total. The quantitative estimate of drug-likeness (QED) is 0.329. The molecule has 0 saturated carbocycles. The molecule has 0 unspecified atom stereocenters. The van der Waals surface area contributed by atoms with E-state index in [0.717, 1.165) is 12.1 Å². The number of methoxy groups -OCH3 is 1. The van der Waals surface area contributed by atoms with Gasteiger partial charge in [-0.15, -0.1) is 0 Å². The zero-order valence-corrected chi connectivity index (χ0v) is 19.9. The van der Waals surface area contributed by atoms with Crippen molar-refractivity contribution in [3.05, 3.63) is 94.6 Å². The van der Waals surface area contributed by atoms with Crippen molar-refractivity contribution in [1.29, 1.82) is 5.26 Å². The van der Waals surface area contributed by atoms with Crippen LogP contribution in [-0.4, -0.2) is 35.1 Å². The third-order valence-corrected chi connectivity index (χ3v) is 5.67. The molecule has 2 amide bonds. The number of nitrogens with one attached hydrogen (secondary N) is 2. The molecule has 1 heterocycles. The summed E-state index contributed by atoms with van der Waals surface area (Å²) in [5, 5.41) is 14.5. The van der Waals surface area contributed by atoms with Crippen LogP contribution in [0.3, 0.4) is 0 Å². The predicted molar refractivity (Wildman–Crippen MR) is 133 cm³/mol. The van der Waals surface area contributed by atoms with Crippen LogP contribution in [0.2, 0.25) is 0 Å². The number of aromatic nitrogens is 2. The highest BCUT2D eigenvalue weighted by Gasteiger charge is 2.17. The summed E-state index contributed by atoms with van der Waals surface area (Å²) in [5.74, 6) is -2.05. The van der Waals surface area contributed by atoms with Gasteiger partial charge in [0.1, 0.15) is 11.6 Å². The summed E-state index contributed by atoms with van der Waals surface area (Å²) in [5.41, 5.74) is 2.28. The summed E-state index contributed by atoms with van der Waals surface area (Å²) in [6.07, 6.45) is 0.653. The molecule has 3 aromatic carbocycles. The number of imidazole rings is 1. The Hall–Kier alpha value is -4.62. The van der Waals surface area contributed by atoms with E-state index in [4.69, 9.17) is 10.00 Å². The molecule has 0 atom stereocenters. The van der Waals surface area contributed by atoms with E-state index in [1.54, 1.807) is 43.5 Å². The first-order chi connectivity index (χ1) is 17.9. The van der Waals surface area contributed by atoms with Crippen molar-refractivity contribution >= 4 is 28.8 Å². The van der Waals surface area contributed by atoms with Gasteiger partial charge in [-0.3, -0.25) is 14.9 Å². The third kappa shape index (κ3) is 5.97. The number of hydrogen-bond donors (Lipinski definition) is 2. The Kier molecular flexibility index (Phi) is 7.86. The maximum atomic E-state index is 13.9. The van der Waals surface area contributed by atoms with Crippen molar-refractivity contribution < 1.29 is 23.1 Å². The van der Waals surface area contributed by atoms with Gasteiger partial charge in [0, 0.05) is 49.6 Å². The lowest BCUT2D eigenvalue weighted by molar-refractivity contribution is 0.0949. The fraction of sp³-hybridized carbons (Fsp3) is 0.185. The molecule has 0 aliphatic heterocycles. The third-order valence-electron chi connectivity index (χ3n) is 5.67. The van der Waals surface area contributed by atoms with Crippen LogP contribution in [0.4, 0.5) is 14.7 Å². The van der Waals surface area contributed by atoms with Crippen LogP contribution in [0.25, 0.3) is 11.0 Å². The van der Waals surface area contributed by atoms with Gasteiger partial charge < -0.3 is 14.6 Å². The van der Waals surface area contributed by atoms with Gasteiger partial charge in [-0.05, 0) is 48.9 Å². The van der Waals surface area contributed by atoms with E-state index >= 15 is 0 Å². The van der Waals surface area contributed by atoms with Gasteiger partial charge in [0.05, 0.1) is 22.7 Å². The molecular formula is C27H23F2N5O3. The minimum absolute atomic E-state index is 0.114. The van der Waals surface area contributed by atoms with E-state index in [-0.39, 0.29) is 23.6 Å². The van der Waals surface area contributed by atoms with Gasteiger partial charge in [-0.1, -0.05) is 12.1 Å². The van der Waals surface area contributed by atoms with Gasteiger partial charge >= 0.3 is 0 Å². The number of amides is 2. The highest BCUT2D eigenvalue weighted by Crippen LogP contribution is 2.23. The Morgan fingerprint density at radius 1 is 1.05 bits per heavy atom. The number of nitrogens with zero attached hydrogens (tertiary/aromatic N) is 3. The highest BCUT2D eigenvalue weighted by molar-refractivity contribution is 6.04.